The Kier molecular flexibility index (Phi) is 3.77. The first kappa shape index (κ1) is 13.2. The maximum Gasteiger partial charge on any atom is 0.211 e. The van der Waals surface area contributed by atoms with Crippen molar-refractivity contribution in [3.63, 3.8) is 0 Å². The van der Waals surface area contributed by atoms with Gasteiger partial charge in [-0.25, -0.2) is 12.7 Å². The summed E-state index contributed by atoms with van der Waals surface area (Å²) in [6.07, 6.45) is 2.81. The van der Waals surface area contributed by atoms with Crippen molar-refractivity contribution in [2.24, 2.45) is 0 Å². The Labute approximate surface area is 107 Å². The second-order valence-corrected chi connectivity index (χ2v) is 6.61. The molecule has 1 aromatic carbocycles. The smallest absolute Gasteiger partial charge is 0.211 e. The highest BCUT2D eigenvalue weighted by Crippen LogP contribution is 2.20. The van der Waals surface area contributed by atoms with Crippen molar-refractivity contribution >= 4 is 15.7 Å². The quantitative estimate of drug-likeness (QED) is 0.866. The molecule has 6 heteroatoms. The Hall–Kier alpha value is -1.27. The normalized spacial score (nSPS) is 18.7. The second kappa shape index (κ2) is 5.16. The summed E-state index contributed by atoms with van der Waals surface area (Å²) in [6, 6.07) is 7.22. The summed E-state index contributed by atoms with van der Waals surface area (Å²) < 4.78 is 24.2. The van der Waals surface area contributed by atoms with Crippen molar-refractivity contribution < 1.29 is 13.5 Å². The minimum atomic E-state index is -3.06. The first-order valence-electron chi connectivity index (χ1n) is 5.96. The number of sulfonamides is 1. The largest absolute Gasteiger partial charge is 0.508 e. The summed E-state index contributed by atoms with van der Waals surface area (Å²) in [6.45, 7) is 1.10. The lowest BCUT2D eigenvalue weighted by Gasteiger charge is -2.31. The van der Waals surface area contributed by atoms with Crippen LogP contribution in [0.4, 0.5) is 5.69 Å². The lowest BCUT2D eigenvalue weighted by atomic mass is 10.1. The molecule has 1 saturated heterocycles. The molecule has 0 aliphatic carbocycles. The molecule has 100 valence electrons. The van der Waals surface area contributed by atoms with E-state index in [2.05, 4.69) is 5.32 Å². The third-order valence-corrected chi connectivity index (χ3v) is 4.44. The van der Waals surface area contributed by atoms with E-state index >= 15 is 0 Å². The molecule has 0 bridgehead atoms. The van der Waals surface area contributed by atoms with Gasteiger partial charge in [0.2, 0.25) is 10.0 Å². The minimum absolute atomic E-state index is 0.230. The number of benzene rings is 1. The number of nitrogens with one attached hydrogen (secondary N) is 1. The van der Waals surface area contributed by atoms with Crippen molar-refractivity contribution in [2.45, 2.75) is 18.9 Å². The Morgan fingerprint density at radius 1 is 1.33 bits per heavy atom. The maximum atomic E-state index is 11.4. The van der Waals surface area contributed by atoms with Gasteiger partial charge < -0.3 is 10.4 Å². The van der Waals surface area contributed by atoms with Gasteiger partial charge >= 0.3 is 0 Å². The van der Waals surface area contributed by atoms with Crippen LogP contribution in [0.2, 0.25) is 0 Å². The fraction of sp³-hybridized carbons (Fsp3) is 0.500. The van der Waals surface area contributed by atoms with E-state index in [-0.39, 0.29) is 11.8 Å². The zero-order valence-electron chi connectivity index (χ0n) is 10.3. The van der Waals surface area contributed by atoms with Crippen LogP contribution in [0.25, 0.3) is 0 Å². The van der Waals surface area contributed by atoms with Crippen LogP contribution in [0.1, 0.15) is 12.8 Å². The van der Waals surface area contributed by atoms with Gasteiger partial charge in [0.05, 0.1) is 6.26 Å². The summed E-state index contributed by atoms with van der Waals surface area (Å²) >= 11 is 0. The SMILES string of the molecule is CS(=O)(=O)N1CCC(Nc2cccc(O)c2)CC1. The molecule has 2 N–H and O–H groups in total. The molecule has 2 rings (SSSR count). The summed E-state index contributed by atoms with van der Waals surface area (Å²) in [5, 5.41) is 12.7. The number of aromatic hydroxyl groups is 1. The number of phenols is 1. The van der Waals surface area contributed by atoms with Gasteiger partial charge in [0, 0.05) is 30.9 Å². The average Bonchev–Trinajstić information content (AvgIpc) is 2.28. The third-order valence-electron chi connectivity index (χ3n) is 3.14. The standard InChI is InChI=1S/C12H18N2O3S/c1-18(16,17)14-7-5-10(6-8-14)13-11-3-2-4-12(15)9-11/h2-4,9-10,13,15H,5-8H2,1H3. The van der Waals surface area contributed by atoms with Gasteiger partial charge in [-0.1, -0.05) is 6.07 Å². The molecule has 1 aliphatic rings. The molecule has 0 radical (unpaired) electrons. The highest BCUT2D eigenvalue weighted by Gasteiger charge is 2.24. The van der Waals surface area contributed by atoms with E-state index in [9.17, 15) is 13.5 Å². The molecule has 1 aromatic rings. The highest BCUT2D eigenvalue weighted by molar-refractivity contribution is 7.88. The lowest BCUT2D eigenvalue weighted by Crippen LogP contribution is -2.41. The van der Waals surface area contributed by atoms with Crippen LogP contribution in [0.15, 0.2) is 24.3 Å². The Balaban J connectivity index is 1.91. The highest BCUT2D eigenvalue weighted by atomic mass is 32.2. The monoisotopic (exact) mass is 270 g/mol. The van der Waals surface area contributed by atoms with E-state index in [1.807, 2.05) is 6.07 Å². The van der Waals surface area contributed by atoms with E-state index in [1.165, 1.54) is 10.6 Å². The van der Waals surface area contributed by atoms with Crippen LogP contribution in [-0.2, 0) is 10.0 Å². The van der Waals surface area contributed by atoms with Gasteiger partial charge in [-0.05, 0) is 25.0 Å². The van der Waals surface area contributed by atoms with Crippen molar-refractivity contribution in [1.29, 1.82) is 0 Å². The zero-order chi connectivity index (χ0) is 13.2. The van der Waals surface area contributed by atoms with E-state index < -0.39 is 10.0 Å². The Bertz CT molecular complexity index is 508. The van der Waals surface area contributed by atoms with E-state index in [0.717, 1.165) is 18.5 Å². The van der Waals surface area contributed by atoms with Gasteiger partial charge in [0.25, 0.3) is 0 Å². The molecule has 5 nitrogen and oxygen atoms in total. The number of hydrogen-bond acceptors (Lipinski definition) is 4. The molecule has 0 aromatic heterocycles. The molecule has 18 heavy (non-hydrogen) atoms. The summed E-state index contributed by atoms with van der Waals surface area (Å²) in [5.74, 6) is 0.230. The number of hydrogen-bond donors (Lipinski definition) is 2. The molecule has 0 unspecified atom stereocenters. The number of phenolic OH excluding ortho intramolecular Hbond substituents is 1. The lowest BCUT2D eigenvalue weighted by molar-refractivity contribution is 0.332. The topological polar surface area (TPSA) is 69.6 Å². The third kappa shape index (κ3) is 3.36. The molecule has 1 fully saturated rings. The molecular formula is C12H18N2O3S. The first-order chi connectivity index (χ1) is 8.45. The summed E-state index contributed by atoms with van der Waals surface area (Å²) in [4.78, 5) is 0. The predicted molar refractivity (Wildman–Crippen MR) is 71.2 cm³/mol. The Morgan fingerprint density at radius 2 is 2.00 bits per heavy atom. The van der Waals surface area contributed by atoms with Gasteiger partial charge in [0.1, 0.15) is 5.75 Å². The van der Waals surface area contributed by atoms with Gasteiger partial charge in [0.15, 0.2) is 0 Å². The number of piperidine rings is 1. The molecule has 0 spiro atoms. The van der Waals surface area contributed by atoms with E-state index in [1.54, 1.807) is 18.2 Å². The van der Waals surface area contributed by atoms with Gasteiger partial charge in [-0.15, -0.1) is 0 Å². The first-order valence-corrected chi connectivity index (χ1v) is 7.81. The van der Waals surface area contributed by atoms with Gasteiger partial charge in [-0.3, -0.25) is 0 Å². The van der Waals surface area contributed by atoms with Gasteiger partial charge in [-0.2, -0.15) is 0 Å². The summed E-state index contributed by atoms with van der Waals surface area (Å²) in [7, 11) is -3.06. The zero-order valence-corrected chi connectivity index (χ0v) is 11.2. The van der Waals surface area contributed by atoms with Crippen LogP contribution in [-0.4, -0.2) is 43.2 Å². The molecule has 1 aliphatic heterocycles. The van der Waals surface area contributed by atoms with Crippen molar-refractivity contribution in [1.82, 2.24) is 4.31 Å². The van der Waals surface area contributed by atoms with Crippen LogP contribution in [0.5, 0.6) is 5.75 Å². The molecule has 0 atom stereocenters. The fourth-order valence-electron chi connectivity index (χ4n) is 2.16. The summed E-state index contributed by atoms with van der Waals surface area (Å²) in [5.41, 5.74) is 0.868. The maximum absolute atomic E-state index is 11.4. The Morgan fingerprint density at radius 3 is 2.56 bits per heavy atom. The predicted octanol–water partition coefficient (Wildman–Crippen LogP) is 1.23. The van der Waals surface area contributed by atoms with Crippen LogP contribution < -0.4 is 5.32 Å². The van der Waals surface area contributed by atoms with Crippen molar-refractivity contribution in [3.8, 4) is 5.75 Å². The van der Waals surface area contributed by atoms with Crippen LogP contribution in [0, 0.1) is 0 Å². The van der Waals surface area contributed by atoms with E-state index in [4.69, 9.17) is 0 Å². The number of rotatable bonds is 3. The number of anilines is 1. The van der Waals surface area contributed by atoms with Crippen LogP contribution in [0.3, 0.4) is 0 Å². The second-order valence-electron chi connectivity index (χ2n) is 4.63. The molecule has 1 heterocycles. The van der Waals surface area contributed by atoms with E-state index in [0.29, 0.717) is 13.1 Å². The van der Waals surface area contributed by atoms with Crippen molar-refractivity contribution in [3.05, 3.63) is 24.3 Å². The van der Waals surface area contributed by atoms with Crippen LogP contribution >= 0.6 is 0 Å². The number of nitrogens with zero attached hydrogens (tertiary/aromatic N) is 1. The fourth-order valence-corrected chi connectivity index (χ4v) is 3.04. The van der Waals surface area contributed by atoms with Crippen molar-refractivity contribution in [2.75, 3.05) is 24.7 Å². The molecular weight excluding hydrogens is 252 g/mol. The minimum Gasteiger partial charge on any atom is -0.508 e. The average molecular weight is 270 g/mol. The molecule has 0 amide bonds. The molecule has 0 saturated carbocycles.